The predicted molar refractivity (Wildman–Crippen MR) is 106 cm³/mol. The molecule has 0 saturated heterocycles. The summed E-state index contributed by atoms with van der Waals surface area (Å²) in [6.45, 7) is 6.03. The minimum absolute atomic E-state index is 0.192. The molecular weight excluding hydrogens is 329 g/mol. The van der Waals surface area contributed by atoms with Crippen LogP contribution < -0.4 is 15.5 Å². The first kappa shape index (κ1) is 19.7. The summed E-state index contributed by atoms with van der Waals surface area (Å²) in [5.41, 5.74) is 3.18. The van der Waals surface area contributed by atoms with Gasteiger partial charge in [0, 0.05) is 38.9 Å². The molecule has 1 aromatic carbocycles. The molecule has 0 saturated carbocycles. The Morgan fingerprint density at radius 1 is 1.19 bits per heavy atom. The summed E-state index contributed by atoms with van der Waals surface area (Å²) in [5.74, 6) is 1.50. The third kappa shape index (κ3) is 5.72. The maximum absolute atomic E-state index is 13.2. The number of nitrogens with one attached hydrogen (secondary N) is 2. The zero-order valence-electron chi connectivity index (χ0n) is 16.0. The van der Waals surface area contributed by atoms with E-state index in [4.69, 9.17) is 0 Å². The summed E-state index contributed by atoms with van der Waals surface area (Å²) in [7, 11) is 3.95. The van der Waals surface area contributed by atoms with Crippen LogP contribution in [0.3, 0.4) is 0 Å². The molecular formula is C20H28FN5. The average molecular weight is 357 g/mol. The van der Waals surface area contributed by atoms with Gasteiger partial charge in [0.05, 0.1) is 6.54 Å². The van der Waals surface area contributed by atoms with E-state index in [2.05, 4.69) is 20.6 Å². The van der Waals surface area contributed by atoms with Crippen LogP contribution in [0.25, 0.3) is 0 Å². The maximum Gasteiger partial charge on any atom is 0.191 e. The van der Waals surface area contributed by atoms with Crippen molar-refractivity contribution in [2.24, 2.45) is 4.99 Å². The number of aryl methyl sites for hydroxylation is 1. The molecule has 26 heavy (non-hydrogen) atoms. The van der Waals surface area contributed by atoms with E-state index in [-0.39, 0.29) is 5.82 Å². The van der Waals surface area contributed by atoms with Crippen molar-refractivity contribution in [3.05, 3.63) is 59.0 Å². The van der Waals surface area contributed by atoms with E-state index in [1.54, 1.807) is 12.3 Å². The second-order valence-corrected chi connectivity index (χ2v) is 6.32. The molecule has 5 nitrogen and oxygen atoms in total. The van der Waals surface area contributed by atoms with Gasteiger partial charge in [-0.25, -0.2) is 14.4 Å². The van der Waals surface area contributed by atoms with Gasteiger partial charge in [-0.2, -0.15) is 0 Å². The van der Waals surface area contributed by atoms with Gasteiger partial charge in [0.1, 0.15) is 11.6 Å². The molecule has 1 heterocycles. The molecule has 0 aliphatic carbocycles. The number of aromatic nitrogens is 1. The van der Waals surface area contributed by atoms with Crippen molar-refractivity contribution in [3.8, 4) is 0 Å². The highest BCUT2D eigenvalue weighted by Gasteiger charge is 2.06. The first-order valence-electron chi connectivity index (χ1n) is 8.89. The molecule has 2 rings (SSSR count). The highest BCUT2D eigenvalue weighted by Crippen LogP contribution is 2.15. The molecule has 0 bridgehead atoms. The van der Waals surface area contributed by atoms with E-state index in [1.807, 2.05) is 51.0 Å². The van der Waals surface area contributed by atoms with Gasteiger partial charge < -0.3 is 15.5 Å². The molecule has 0 aliphatic heterocycles. The molecule has 0 fully saturated rings. The molecule has 0 amide bonds. The normalized spacial score (nSPS) is 11.3. The molecule has 0 spiro atoms. The number of nitrogens with zero attached hydrogens (tertiary/aromatic N) is 3. The topological polar surface area (TPSA) is 52.6 Å². The molecule has 6 heteroatoms. The van der Waals surface area contributed by atoms with Crippen LogP contribution in [-0.4, -0.2) is 38.1 Å². The van der Waals surface area contributed by atoms with Gasteiger partial charge in [-0.15, -0.1) is 0 Å². The zero-order valence-corrected chi connectivity index (χ0v) is 16.0. The van der Waals surface area contributed by atoms with Crippen LogP contribution >= 0.6 is 0 Å². The van der Waals surface area contributed by atoms with E-state index >= 15 is 0 Å². The molecule has 0 unspecified atom stereocenters. The third-order valence-electron chi connectivity index (χ3n) is 4.03. The van der Waals surface area contributed by atoms with Gasteiger partial charge in [-0.05, 0) is 49.6 Å². The van der Waals surface area contributed by atoms with E-state index in [1.165, 1.54) is 6.07 Å². The Labute approximate surface area is 155 Å². The van der Waals surface area contributed by atoms with Crippen LogP contribution in [0.4, 0.5) is 10.2 Å². The molecule has 2 N–H and O–H groups in total. The van der Waals surface area contributed by atoms with Gasteiger partial charge >= 0.3 is 0 Å². The summed E-state index contributed by atoms with van der Waals surface area (Å²) in [6.07, 6.45) is 2.60. The number of halogens is 1. The second kappa shape index (κ2) is 9.75. The van der Waals surface area contributed by atoms with E-state index < -0.39 is 0 Å². The molecule has 1 aromatic heterocycles. The second-order valence-electron chi connectivity index (χ2n) is 6.32. The lowest BCUT2D eigenvalue weighted by atomic mass is 10.1. The van der Waals surface area contributed by atoms with Crippen molar-refractivity contribution >= 4 is 11.8 Å². The van der Waals surface area contributed by atoms with Crippen LogP contribution in [0, 0.1) is 12.7 Å². The number of benzene rings is 1. The molecule has 0 atom stereocenters. The Bertz CT molecular complexity index is 743. The highest BCUT2D eigenvalue weighted by atomic mass is 19.1. The minimum Gasteiger partial charge on any atom is -0.362 e. The molecule has 0 radical (unpaired) electrons. The number of anilines is 1. The third-order valence-corrected chi connectivity index (χ3v) is 4.03. The Hall–Kier alpha value is -2.63. The lowest BCUT2D eigenvalue weighted by Crippen LogP contribution is -2.38. The fourth-order valence-electron chi connectivity index (χ4n) is 2.72. The van der Waals surface area contributed by atoms with Crippen molar-refractivity contribution < 1.29 is 4.39 Å². The molecule has 0 aliphatic rings. The minimum atomic E-state index is -0.192. The summed E-state index contributed by atoms with van der Waals surface area (Å²) in [6, 6.07) is 8.88. The largest absolute Gasteiger partial charge is 0.362 e. The van der Waals surface area contributed by atoms with E-state index in [0.29, 0.717) is 6.54 Å². The van der Waals surface area contributed by atoms with Crippen molar-refractivity contribution in [2.45, 2.75) is 26.8 Å². The van der Waals surface area contributed by atoms with E-state index in [9.17, 15) is 4.39 Å². The monoisotopic (exact) mass is 357 g/mol. The first-order valence-corrected chi connectivity index (χ1v) is 8.89. The molecule has 140 valence electrons. The van der Waals surface area contributed by atoms with Crippen LogP contribution in [0.15, 0.2) is 41.5 Å². The number of rotatable bonds is 7. The van der Waals surface area contributed by atoms with Crippen LogP contribution in [0.5, 0.6) is 0 Å². The Kier molecular flexibility index (Phi) is 7.38. The SMILES string of the molecule is CCNC(=NCc1cccnc1N(C)C)NCCc1ccc(F)cc1C. The van der Waals surface area contributed by atoms with Crippen molar-refractivity contribution in [1.82, 2.24) is 15.6 Å². The maximum atomic E-state index is 13.2. The lowest BCUT2D eigenvalue weighted by Gasteiger charge is -2.16. The lowest BCUT2D eigenvalue weighted by molar-refractivity contribution is 0.625. The summed E-state index contributed by atoms with van der Waals surface area (Å²) >= 11 is 0. The van der Waals surface area contributed by atoms with Gasteiger partial charge in [0.25, 0.3) is 0 Å². The quantitative estimate of drug-likeness (QED) is 0.591. The Morgan fingerprint density at radius 2 is 2.00 bits per heavy atom. The number of pyridine rings is 1. The van der Waals surface area contributed by atoms with Crippen molar-refractivity contribution in [1.29, 1.82) is 0 Å². The highest BCUT2D eigenvalue weighted by molar-refractivity contribution is 5.79. The standard InChI is InChI=1S/C20H28FN5/c1-5-22-20(24-12-10-16-8-9-18(21)13-15(16)2)25-14-17-7-6-11-23-19(17)26(3)4/h6-9,11,13H,5,10,12,14H2,1-4H3,(H2,22,24,25). The predicted octanol–water partition coefficient (Wildman–Crippen LogP) is 2.89. The van der Waals surface area contributed by atoms with E-state index in [0.717, 1.165) is 48.0 Å². The fraction of sp³-hybridized carbons (Fsp3) is 0.400. The fourth-order valence-corrected chi connectivity index (χ4v) is 2.72. The Morgan fingerprint density at radius 3 is 2.69 bits per heavy atom. The zero-order chi connectivity index (χ0) is 18.9. The number of hydrogen-bond donors (Lipinski definition) is 2. The summed E-state index contributed by atoms with van der Waals surface area (Å²) < 4.78 is 13.2. The number of guanidine groups is 1. The van der Waals surface area contributed by atoms with Crippen molar-refractivity contribution in [2.75, 3.05) is 32.1 Å². The van der Waals surface area contributed by atoms with Crippen LogP contribution in [-0.2, 0) is 13.0 Å². The smallest absolute Gasteiger partial charge is 0.191 e. The first-order chi connectivity index (χ1) is 12.5. The van der Waals surface area contributed by atoms with Crippen molar-refractivity contribution in [3.63, 3.8) is 0 Å². The summed E-state index contributed by atoms with van der Waals surface area (Å²) in [4.78, 5) is 11.1. The number of hydrogen-bond acceptors (Lipinski definition) is 3. The van der Waals surface area contributed by atoms with Gasteiger partial charge in [-0.3, -0.25) is 0 Å². The van der Waals surface area contributed by atoms with Gasteiger partial charge in [-0.1, -0.05) is 12.1 Å². The van der Waals surface area contributed by atoms with Gasteiger partial charge in [0.2, 0.25) is 0 Å². The van der Waals surface area contributed by atoms with Crippen LogP contribution in [0.2, 0.25) is 0 Å². The molecule has 2 aromatic rings. The summed E-state index contributed by atoms with van der Waals surface area (Å²) in [5, 5.41) is 6.60. The van der Waals surface area contributed by atoms with Gasteiger partial charge in [0.15, 0.2) is 5.96 Å². The average Bonchev–Trinajstić information content (AvgIpc) is 2.61. The Balaban J connectivity index is 1.98. The number of aliphatic imine (C=N–C) groups is 1. The van der Waals surface area contributed by atoms with Crippen LogP contribution in [0.1, 0.15) is 23.6 Å².